The van der Waals surface area contributed by atoms with Crippen LogP contribution < -0.4 is 27.0 Å². The molecule has 0 heterocycles. The van der Waals surface area contributed by atoms with Crippen molar-refractivity contribution in [1.82, 2.24) is 50.2 Å². The lowest BCUT2D eigenvalue weighted by atomic mass is 9.93. The molecule has 1 rings (SSSR count). The summed E-state index contributed by atoms with van der Waals surface area (Å²) >= 11 is 0. The second-order valence-corrected chi connectivity index (χ2v) is 26.0. The number of rotatable bonds is 33. The van der Waals surface area contributed by atoms with E-state index in [2.05, 4.69) is 21.3 Å². The number of benzene rings is 1. The van der Waals surface area contributed by atoms with Crippen LogP contribution in [0.3, 0.4) is 0 Å². The van der Waals surface area contributed by atoms with Gasteiger partial charge >= 0.3 is 5.97 Å². The first-order valence-corrected chi connectivity index (χ1v) is 30.9. The summed E-state index contributed by atoms with van der Waals surface area (Å²) in [5.41, 5.74) is 5.56. The van der Waals surface area contributed by atoms with Gasteiger partial charge in [0.05, 0.1) is 36.0 Å². The summed E-state index contributed by atoms with van der Waals surface area (Å²) in [6.07, 6.45) is -2.56. The normalized spacial score (nSPS) is 16.0. The minimum Gasteiger partial charge on any atom is -0.478 e. The molecular weight excluding hydrogens is 1160 g/mol. The van der Waals surface area contributed by atoms with Gasteiger partial charge in [0.2, 0.25) is 65.0 Å². The molecule has 27 nitrogen and oxygen atoms in total. The SMILES string of the molecule is CC[C@@H](C)[C@H](NC(=O)[C@H](C(C)C)N(C)C(=O)[C@H](C(C)C)N(C)C(=O)[C@H](C(C)C)N(C)C(=O)[C@@H](NC(=O)[C@H](C(C)C)N(C)C(=O)[C@H]([C@H](C)O)N(C)C(=O)[C@@H](NC(=O)[C@H](C)N)[C@H](C)O)C(C)C)C(=O)N(C)[C@H](C(=O)N(C)CC(=O)Nc1ccccc1C(=O)O)C(C)C. The van der Waals surface area contributed by atoms with Crippen molar-refractivity contribution in [2.24, 2.45) is 47.2 Å². The molecule has 27 heteroatoms. The van der Waals surface area contributed by atoms with Gasteiger partial charge in [-0.2, -0.15) is 0 Å². The van der Waals surface area contributed by atoms with Crippen LogP contribution >= 0.6 is 0 Å². The number of carboxylic acids is 1. The quantitative estimate of drug-likeness (QED) is 0.0492. The number of para-hydroxylation sites is 1. The van der Waals surface area contributed by atoms with Crippen molar-refractivity contribution in [3.8, 4) is 0 Å². The number of aliphatic hydroxyl groups is 2. The number of carbonyl (C=O) groups is 12. The zero-order chi connectivity index (χ0) is 70.2. The van der Waals surface area contributed by atoms with Crippen LogP contribution in [0.25, 0.3) is 0 Å². The molecule has 510 valence electrons. The fourth-order valence-electron chi connectivity index (χ4n) is 11.2. The second-order valence-electron chi connectivity index (χ2n) is 26.0. The van der Waals surface area contributed by atoms with Gasteiger partial charge in [-0.3, -0.25) is 52.7 Å². The van der Waals surface area contributed by atoms with Crippen LogP contribution in [-0.4, -0.2) is 249 Å². The molecule has 0 spiro atoms. The summed E-state index contributed by atoms with van der Waals surface area (Å²) in [7, 11) is 9.56. The number of nitrogens with zero attached hydrogens (tertiary/aromatic N) is 7. The first kappa shape index (κ1) is 80.8. The van der Waals surface area contributed by atoms with Gasteiger partial charge < -0.3 is 76.6 Å². The lowest BCUT2D eigenvalue weighted by Crippen LogP contribution is -2.64. The molecule has 1 aromatic carbocycles. The molecular formula is C63H108N12O15. The van der Waals surface area contributed by atoms with E-state index in [1.54, 1.807) is 96.1 Å². The van der Waals surface area contributed by atoms with Gasteiger partial charge in [-0.1, -0.05) is 115 Å². The number of aromatic carboxylic acids is 1. The molecule has 0 bridgehead atoms. The zero-order valence-electron chi connectivity index (χ0n) is 57.6. The Hall–Kier alpha value is -7.26. The number of likely N-dealkylation sites (N-methyl/N-ethyl adjacent to an activating group) is 7. The van der Waals surface area contributed by atoms with Gasteiger partial charge in [0.15, 0.2) is 0 Å². The predicted molar refractivity (Wildman–Crippen MR) is 340 cm³/mol. The molecule has 0 saturated carbocycles. The van der Waals surface area contributed by atoms with Crippen LogP contribution in [-0.2, 0) is 52.7 Å². The lowest BCUT2D eigenvalue weighted by molar-refractivity contribution is -0.156. The van der Waals surface area contributed by atoms with E-state index in [1.807, 2.05) is 6.92 Å². The maximum Gasteiger partial charge on any atom is 0.337 e. The third kappa shape index (κ3) is 20.6. The van der Waals surface area contributed by atoms with Crippen molar-refractivity contribution in [1.29, 1.82) is 0 Å². The summed E-state index contributed by atoms with van der Waals surface area (Å²) in [6, 6.07) is -7.00. The molecule has 0 aliphatic carbocycles. The Morgan fingerprint density at radius 3 is 1.12 bits per heavy atom. The van der Waals surface area contributed by atoms with E-state index in [0.29, 0.717) is 6.42 Å². The standard InChI is InChI=1S/C63H108N12O15/c1-25-37(14)45(57(83)72(21)49(34(8)9)59(85)69(18)30-43(78)65-42-29-27-26-28-41(42)63(89)90)67-55(81)48(33(6)7)70(19)60(86)51(36(12)13)74(23)61(87)50(35(10)11)73(22)56(82)44(31(2)3)66-54(80)47(32(4)5)71(20)62(88)52(40(17)77)75(24)58(84)46(39(16)76)68-53(79)38(15)64/h26-29,31-40,44-52,76-77H,25,30,64H2,1-24H3,(H,65,78)(H,66,80)(H,67,81)(H,68,79)(H,89,90)/t37-,38+,39+,40+,44+,45+,46+,47+,48+,49+,50+,51+,52+/m1/s1. The third-order valence-corrected chi connectivity index (χ3v) is 16.4. The Kier molecular flexibility index (Phi) is 31.7. The van der Waals surface area contributed by atoms with Crippen LogP contribution in [0.1, 0.15) is 134 Å². The molecule has 0 aliphatic heterocycles. The highest BCUT2D eigenvalue weighted by Gasteiger charge is 2.46. The highest BCUT2D eigenvalue weighted by atomic mass is 16.4. The van der Waals surface area contributed by atoms with Crippen molar-refractivity contribution in [3.63, 3.8) is 0 Å². The summed E-state index contributed by atoms with van der Waals surface area (Å²) in [5, 5.41) is 41.6. The van der Waals surface area contributed by atoms with Crippen molar-refractivity contribution < 1.29 is 72.9 Å². The Balaban J connectivity index is 3.61. The molecule has 0 aliphatic rings. The Morgan fingerprint density at radius 2 is 0.756 bits per heavy atom. The van der Waals surface area contributed by atoms with E-state index in [0.717, 1.165) is 14.7 Å². The summed E-state index contributed by atoms with van der Waals surface area (Å²) < 4.78 is 0. The molecule has 90 heavy (non-hydrogen) atoms. The molecule has 0 saturated heterocycles. The minimum atomic E-state index is -1.62. The van der Waals surface area contributed by atoms with Gasteiger partial charge in [-0.05, 0) is 74.3 Å². The molecule has 11 amide bonds. The van der Waals surface area contributed by atoms with E-state index >= 15 is 4.79 Å². The van der Waals surface area contributed by atoms with Gasteiger partial charge in [0.25, 0.3) is 0 Å². The number of amides is 11. The van der Waals surface area contributed by atoms with Crippen molar-refractivity contribution in [2.75, 3.05) is 61.2 Å². The topological polar surface area (TPSA) is 362 Å². The maximum atomic E-state index is 15.0. The number of aliphatic hydroxyl groups excluding tert-OH is 2. The number of anilines is 1. The van der Waals surface area contributed by atoms with Gasteiger partial charge in [-0.25, -0.2) is 4.79 Å². The first-order chi connectivity index (χ1) is 41.4. The van der Waals surface area contributed by atoms with E-state index in [-0.39, 0.29) is 11.3 Å². The summed E-state index contributed by atoms with van der Waals surface area (Å²) in [5.74, 6) is -13.1. The minimum absolute atomic E-state index is 0.0358. The fourth-order valence-corrected chi connectivity index (χ4v) is 11.2. The zero-order valence-corrected chi connectivity index (χ0v) is 57.6. The molecule has 13 atom stereocenters. The van der Waals surface area contributed by atoms with Crippen LogP contribution in [0, 0.1) is 41.4 Å². The average Bonchev–Trinajstić information content (AvgIpc) is 1.01. The molecule has 0 fully saturated rings. The number of nitrogens with one attached hydrogen (secondary N) is 4. The fraction of sp³-hybridized carbons (Fsp3) is 0.714. The van der Waals surface area contributed by atoms with E-state index in [1.165, 1.54) is 108 Å². The van der Waals surface area contributed by atoms with Crippen molar-refractivity contribution in [2.45, 2.75) is 197 Å². The monoisotopic (exact) mass is 1270 g/mol. The van der Waals surface area contributed by atoms with Gasteiger partial charge in [0, 0.05) is 49.3 Å². The van der Waals surface area contributed by atoms with E-state index < -0.39 is 192 Å². The molecule has 9 N–H and O–H groups in total. The van der Waals surface area contributed by atoms with Crippen LogP contribution in [0.4, 0.5) is 5.69 Å². The number of hydrogen-bond acceptors (Lipinski definition) is 15. The molecule has 0 unspecified atom stereocenters. The van der Waals surface area contributed by atoms with Crippen molar-refractivity contribution >= 4 is 76.6 Å². The van der Waals surface area contributed by atoms with Crippen molar-refractivity contribution in [3.05, 3.63) is 29.8 Å². The Bertz CT molecular complexity index is 2680. The van der Waals surface area contributed by atoms with E-state index in [9.17, 15) is 68.1 Å². The number of carboxylic acid groups (broad SMARTS) is 1. The summed E-state index contributed by atoms with van der Waals surface area (Å²) in [4.78, 5) is 176. The van der Waals surface area contributed by atoms with Crippen LogP contribution in [0.5, 0.6) is 0 Å². The largest absolute Gasteiger partial charge is 0.478 e. The maximum absolute atomic E-state index is 15.0. The van der Waals surface area contributed by atoms with Gasteiger partial charge in [0.1, 0.15) is 54.4 Å². The lowest BCUT2D eigenvalue weighted by Gasteiger charge is -2.42. The highest BCUT2D eigenvalue weighted by molar-refractivity contribution is 6.03. The number of hydrogen-bond donors (Lipinski definition) is 8. The third-order valence-electron chi connectivity index (χ3n) is 16.4. The van der Waals surface area contributed by atoms with Crippen LogP contribution in [0.2, 0.25) is 0 Å². The second kappa shape index (κ2) is 35.4. The van der Waals surface area contributed by atoms with E-state index in [4.69, 9.17) is 5.73 Å². The molecule has 1 aromatic rings. The summed E-state index contributed by atoms with van der Waals surface area (Å²) in [6.45, 7) is 27.4. The number of carbonyl (C=O) groups excluding carboxylic acids is 11. The molecule has 0 radical (unpaired) electrons. The number of nitrogens with two attached hydrogens (primary N) is 1. The highest BCUT2D eigenvalue weighted by Crippen LogP contribution is 2.25. The Morgan fingerprint density at radius 1 is 0.422 bits per heavy atom. The first-order valence-electron chi connectivity index (χ1n) is 30.9. The Labute approximate surface area is 532 Å². The predicted octanol–water partition coefficient (Wildman–Crippen LogP) is 1.29. The molecule has 0 aromatic heterocycles. The average molecular weight is 1270 g/mol. The van der Waals surface area contributed by atoms with Crippen LogP contribution in [0.15, 0.2) is 24.3 Å². The smallest absolute Gasteiger partial charge is 0.337 e. The van der Waals surface area contributed by atoms with Gasteiger partial charge in [-0.15, -0.1) is 0 Å².